The molecule has 0 aliphatic rings. The largest absolute Gasteiger partial charge is 0.224 e. The van der Waals surface area contributed by atoms with Crippen molar-refractivity contribution < 1.29 is 0 Å². The van der Waals surface area contributed by atoms with Crippen molar-refractivity contribution in [1.29, 1.82) is 0 Å². The molecular weight excluding hydrogens is 307 g/mol. The molecule has 0 spiro atoms. The van der Waals surface area contributed by atoms with E-state index < -0.39 is 0 Å². The molecule has 72 valence electrons. The van der Waals surface area contributed by atoms with E-state index in [1.54, 1.807) is 11.3 Å². The van der Waals surface area contributed by atoms with Crippen LogP contribution in [0.2, 0.25) is 10.4 Å². The maximum atomic E-state index is 5.86. The van der Waals surface area contributed by atoms with Crippen molar-refractivity contribution >= 4 is 50.5 Å². The fourth-order valence-electron chi connectivity index (χ4n) is 0.971. The number of halogens is 3. The van der Waals surface area contributed by atoms with Gasteiger partial charge in [0.2, 0.25) is 5.28 Å². The Balaban J connectivity index is 2.64. The van der Waals surface area contributed by atoms with Crippen LogP contribution in [0, 0.1) is 0 Å². The van der Waals surface area contributed by atoms with Crippen molar-refractivity contribution in [2.24, 2.45) is 0 Å². The topological polar surface area (TPSA) is 25.8 Å². The molecule has 0 aliphatic carbocycles. The molecule has 2 aromatic rings. The molecule has 0 aliphatic heterocycles. The first-order valence-electron chi connectivity index (χ1n) is 3.61. The number of hydrogen-bond acceptors (Lipinski definition) is 3. The van der Waals surface area contributed by atoms with Crippen molar-refractivity contribution in [3.05, 3.63) is 32.4 Å². The number of hydrogen-bond donors (Lipinski definition) is 0. The summed E-state index contributed by atoms with van der Waals surface area (Å²) in [6.07, 6.45) is 0. The minimum Gasteiger partial charge on any atom is -0.216 e. The van der Waals surface area contributed by atoms with E-state index >= 15 is 0 Å². The van der Waals surface area contributed by atoms with Gasteiger partial charge in [0.1, 0.15) is 10.8 Å². The van der Waals surface area contributed by atoms with Gasteiger partial charge in [-0.3, -0.25) is 0 Å². The lowest BCUT2D eigenvalue weighted by atomic mass is 10.3. The highest BCUT2D eigenvalue weighted by molar-refractivity contribution is 9.10. The lowest BCUT2D eigenvalue weighted by molar-refractivity contribution is 1.16. The van der Waals surface area contributed by atoms with Crippen molar-refractivity contribution in [3.63, 3.8) is 0 Å². The van der Waals surface area contributed by atoms with Crippen molar-refractivity contribution in [2.75, 3.05) is 0 Å². The smallest absolute Gasteiger partial charge is 0.216 e. The van der Waals surface area contributed by atoms with Gasteiger partial charge in [-0.25, -0.2) is 9.97 Å². The van der Waals surface area contributed by atoms with E-state index in [0.29, 0.717) is 9.63 Å². The average molecular weight is 310 g/mol. The summed E-state index contributed by atoms with van der Waals surface area (Å²) in [4.78, 5) is 8.93. The molecular formula is C8H3BrCl2N2S. The number of aromatic nitrogens is 2. The third-order valence-electron chi connectivity index (χ3n) is 1.54. The lowest BCUT2D eigenvalue weighted by Gasteiger charge is -2.02. The van der Waals surface area contributed by atoms with Gasteiger partial charge in [-0.05, 0) is 39.0 Å². The number of nitrogens with zero attached hydrogens (tertiary/aromatic N) is 2. The first-order chi connectivity index (χ1) is 6.68. The summed E-state index contributed by atoms with van der Waals surface area (Å²) in [5.74, 6) is 0. The van der Waals surface area contributed by atoms with E-state index in [1.165, 1.54) is 0 Å². The summed E-state index contributed by atoms with van der Waals surface area (Å²) in [6.45, 7) is 0. The third-order valence-corrected chi connectivity index (χ3v) is 3.84. The van der Waals surface area contributed by atoms with Crippen molar-refractivity contribution in [2.45, 2.75) is 0 Å². The van der Waals surface area contributed by atoms with E-state index in [1.807, 2.05) is 17.5 Å². The van der Waals surface area contributed by atoms with E-state index in [9.17, 15) is 0 Å². The van der Waals surface area contributed by atoms with Gasteiger partial charge in [0, 0.05) is 0 Å². The first-order valence-corrected chi connectivity index (χ1v) is 6.04. The van der Waals surface area contributed by atoms with Gasteiger partial charge in [-0.2, -0.15) is 0 Å². The molecule has 2 aromatic heterocycles. The molecule has 0 N–H and O–H groups in total. The molecule has 0 saturated carbocycles. The van der Waals surface area contributed by atoms with Gasteiger partial charge in [0.05, 0.1) is 9.35 Å². The quantitative estimate of drug-likeness (QED) is 0.580. The molecule has 2 rings (SSSR count). The van der Waals surface area contributed by atoms with Crippen LogP contribution in [0.1, 0.15) is 0 Å². The first kappa shape index (κ1) is 10.4. The molecule has 0 bridgehead atoms. The Bertz CT molecular complexity index is 459. The molecule has 0 saturated heterocycles. The molecule has 0 aromatic carbocycles. The fraction of sp³-hybridized carbons (Fsp3) is 0. The van der Waals surface area contributed by atoms with Gasteiger partial charge in [-0.1, -0.05) is 17.7 Å². The molecule has 0 radical (unpaired) electrons. The van der Waals surface area contributed by atoms with Crippen molar-refractivity contribution in [1.82, 2.24) is 9.97 Å². The van der Waals surface area contributed by atoms with Crippen LogP contribution in [0.5, 0.6) is 0 Å². The Morgan fingerprint density at radius 3 is 2.71 bits per heavy atom. The van der Waals surface area contributed by atoms with Gasteiger partial charge in [0.25, 0.3) is 0 Å². The van der Waals surface area contributed by atoms with Crippen LogP contribution in [0.3, 0.4) is 0 Å². The second-order valence-corrected chi connectivity index (χ2v) is 4.86. The molecule has 0 amide bonds. The monoisotopic (exact) mass is 308 g/mol. The Kier molecular flexibility index (Phi) is 3.07. The normalized spacial score (nSPS) is 10.5. The molecule has 6 heteroatoms. The van der Waals surface area contributed by atoms with Gasteiger partial charge in [-0.15, -0.1) is 11.3 Å². The van der Waals surface area contributed by atoms with Crippen LogP contribution in [-0.2, 0) is 0 Å². The summed E-state index contributed by atoms with van der Waals surface area (Å²) in [7, 11) is 0. The molecule has 0 atom stereocenters. The number of rotatable bonds is 1. The van der Waals surface area contributed by atoms with Gasteiger partial charge < -0.3 is 0 Å². The maximum Gasteiger partial charge on any atom is 0.224 e. The molecule has 0 unspecified atom stereocenters. The summed E-state index contributed by atoms with van der Waals surface area (Å²) in [6, 6.07) is 3.89. The second kappa shape index (κ2) is 4.14. The summed E-state index contributed by atoms with van der Waals surface area (Å²) in [5, 5.41) is 2.45. The molecule has 2 nitrogen and oxygen atoms in total. The molecule has 2 heterocycles. The highest BCUT2D eigenvalue weighted by Crippen LogP contribution is 2.34. The SMILES string of the molecule is Clc1nc(Cl)c(Br)c(-c2cccs2)n1. The van der Waals surface area contributed by atoms with E-state index in [2.05, 4.69) is 25.9 Å². The lowest BCUT2D eigenvalue weighted by Crippen LogP contribution is -1.89. The zero-order chi connectivity index (χ0) is 10.1. The van der Waals surface area contributed by atoms with Crippen LogP contribution < -0.4 is 0 Å². The Hall–Kier alpha value is -0.160. The number of thiophene rings is 1. The Morgan fingerprint density at radius 2 is 2.07 bits per heavy atom. The molecule has 14 heavy (non-hydrogen) atoms. The van der Waals surface area contributed by atoms with Gasteiger partial charge in [0.15, 0.2) is 0 Å². The van der Waals surface area contributed by atoms with E-state index in [-0.39, 0.29) is 5.28 Å². The standard InChI is InChI=1S/C8H3BrCl2N2S/c9-5-6(4-2-1-3-14-4)12-8(11)13-7(5)10/h1-3H. The van der Waals surface area contributed by atoms with Gasteiger partial charge >= 0.3 is 0 Å². The predicted octanol–water partition coefficient (Wildman–Crippen LogP) is 4.27. The summed E-state index contributed by atoms with van der Waals surface area (Å²) < 4.78 is 0.672. The zero-order valence-electron chi connectivity index (χ0n) is 6.67. The molecule has 0 fully saturated rings. The predicted molar refractivity (Wildman–Crippen MR) is 63.1 cm³/mol. The minimum absolute atomic E-state index is 0.154. The zero-order valence-corrected chi connectivity index (χ0v) is 10.6. The Morgan fingerprint density at radius 1 is 1.29 bits per heavy atom. The second-order valence-electron chi connectivity index (χ2n) is 2.42. The Labute approximate surface area is 103 Å². The van der Waals surface area contributed by atoms with Crippen LogP contribution in [0.15, 0.2) is 22.0 Å². The highest BCUT2D eigenvalue weighted by atomic mass is 79.9. The summed E-state index contributed by atoms with van der Waals surface area (Å²) in [5.41, 5.74) is 0.727. The van der Waals surface area contributed by atoms with E-state index in [0.717, 1.165) is 10.6 Å². The summed E-state index contributed by atoms with van der Waals surface area (Å²) >= 11 is 16.5. The van der Waals surface area contributed by atoms with Crippen LogP contribution >= 0.6 is 50.5 Å². The van der Waals surface area contributed by atoms with Crippen LogP contribution in [0.4, 0.5) is 0 Å². The highest BCUT2D eigenvalue weighted by Gasteiger charge is 2.12. The van der Waals surface area contributed by atoms with Crippen LogP contribution in [0.25, 0.3) is 10.6 Å². The van der Waals surface area contributed by atoms with E-state index in [4.69, 9.17) is 23.2 Å². The minimum atomic E-state index is 0.154. The van der Waals surface area contributed by atoms with Crippen LogP contribution in [-0.4, -0.2) is 9.97 Å². The fourth-order valence-corrected chi connectivity index (χ4v) is 2.59. The third kappa shape index (κ3) is 1.93. The maximum absolute atomic E-state index is 5.86. The van der Waals surface area contributed by atoms with Crippen molar-refractivity contribution in [3.8, 4) is 10.6 Å². The average Bonchev–Trinajstić information content (AvgIpc) is 2.63.